The fourth-order valence-corrected chi connectivity index (χ4v) is 3.50. The SMILES string of the molecule is CCC1CNC(C(C)(C)C)CN1C1CCOC(C)C1. The Hall–Kier alpha value is -0.120. The van der Waals surface area contributed by atoms with Gasteiger partial charge in [-0.2, -0.15) is 0 Å². The smallest absolute Gasteiger partial charge is 0.0561 e. The maximum atomic E-state index is 5.72. The topological polar surface area (TPSA) is 24.5 Å². The highest BCUT2D eigenvalue weighted by atomic mass is 16.5. The predicted octanol–water partition coefficient (Wildman–Crippen LogP) is 2.65. The van der Waals surface area contributed by atoms with E-state index in [1.807, 2.05) is 0 Å². The molecule has 0 amide bonds. The molecule has 0 aromatic heterocycles. The molecule has 2 heterocycles. The molecular formula is C16H32N2O. The van der Waals surface area contributed by atoms with Gasteiger partial charge < -0.3 is 10.1 Å². The Bertz CT molecular complexity index is 287. The van der Waals surface area contributed by atoms with Crippen LogP contribution in [-0.4, -0.2) is 48.8 Å². The third kappa shape index (κ3) is 3.71. The van der Waals surface area contributed by atoms with Crippen LogP contribution < -0.4 is 5.32 Å². The summed E-state index contributed by atoms with van der Waals surface area (Å²) >= 11 is 0. The van der Waals surface area contributed by atoms with E-state index in [0.717, 1.165) is 19.2 Å². The van der Waals surface area contributed by atoms with Crippen molar-refractivity contribution in [2.45, 2.75) is 78.1 Å². The predicted molar refractivity (Wildman–Crippen MR) is 80.5 cm³/mol. The normalized spacial score (nSPS) is 38.4. The number of hydrogen-bond donors (Lipinski definition) is 1. The zero-order valence-electron chi connectivity index (χ0n) is 13.4. The average molecular weight is 268 g/mol. The summed E-state index contributed by atoms with van der Waals surface area (Å²) in [6.45, 7) is 14.9. The molecule has 2 aliphatic heterocycles. The molecule has 19 heavy (non-hydrogen) atoms. The van der Waals surface area contributed by atoms with Crippen LogP contribution in [0.3, 0.4) is 0 Å². The average Bonchev–Trinajstić information content (AvgIpc) is 2.37. The molecule has 0 saturated carbocycles. The number of hydrogen-bond acceptors (Lipinski definition) is 3. The van der Waals surface area contributed by atoms with Gasteiger partial charge in [0.2, 0.25) is 0 Å². The first-order valence-electron chi connectivity index (χ1n) is 8.02. The lowest BCUT2D eigenvalue weighted by Gasteiger charge is -2.49. The Morgan fingerprint density at radius 3 is 2.63 bits per heavy atom. The van der Waals surface area contributed by atoms with E-state index in [-0.39, 0.29) is 0 Å². The fraction of sp³-hybridized carbons (Fsp3) is 1.00. The summed E-state index contributed by atoms with van der Waals surface area (Å²) in [5.74, 6) is 0. The number of piperazine rings is 1. The molecule has 0 spiro atoms. The number of nitrogens with zero attached hydrogens (tertiary/aromatic N) is 1. The Kier molecular flexibility index (Phi) is 4.91. The summed E-state index contributed by atoms with van der Waals surface area (Å²) in [6.07, 6.45) is 4.08. The Morgan fingerprint density at radius 2 is 2.05 bits per heavy atom. The van der Waals surface area contributed by atoms with Gasteiger partial charge in [-0.15, -0.1) is 0 Å². The highest BCUT2D eigenvalue weighted by Gasteiger charge is 2.37. The van der Waals surface area contributed by atoms with E-state index >= 15 is 0 Å². The maximum absolute atomic E-state index is 5.72. The van der Waals surface area contributed by atoms with Gasteiger partial charge in [0, 0.05) is 37.8 Å². The van der Waals surface area contributed by atoms with Gasteiger partial charge >= 0.3 is 0 Å². The lowest BCUT2D eigenvalue weighted by atomic mass is 9.83. The van der Waals surface area contributed by atoms with Crippen LogP contribution in [0.1, 0.15) is 53.9 Å². The summed E-state index contributed by atoms with van der Waals surface area (Å²) in [7, 11) is 0. The van der Waals surface area contributed by atoms with E-state index < -0.39 is 0 Å². The molecule has 0 aromatic carbocycles. The van der Waals surface area contributed by atoms with E-state index in [2.05, 4.69) is 44.8 Å². The Morgan fingerprint density at radius 1 is 1.32 bits per heavy atom. The summed E-state index contributed by atoms with van der Waals surface area (Å²) in [6, 6.07) is 2.03. The van der Waals surface area contributed by atoms with Crippen molar-refractivity contribution in [3.63, 3.8) is 0 Å². The molecule has 4 unspecified atom stereocenters. The number of nitrogens with one attached hydrogen (secondary N) is 1. The second kappa shape index (κ2) is 6.11. The van der Waals surface area contributed by atoms with Crippen molar-refractivity contribution in [3.05, 3.63) is 0 Å². The zero-order chi connectivity index (χ0) is 14.0. The van der Waals surface area contributed by atoms with Gasteiger partial charge in [0.1, 0.15) is 0 Å². The first-order valence-corrected chi connectivity index (χ1v) is 8.02. The largest absolute Gasteiger partial charge is 0.378 e. The third-order valence-corrected chi connectivity index (χ3v) is 4.91. The van der Waals surface area contributed by atoms with E-state index in [4.69, 9.17) is 4.74 Å². The van der Waals surface area contributed by atoms with E-state index in [1.165, 1.54) is 25.8 Å². The van der Waals surface area contributed by atoms with Crippen molar-refractivity contribution < 1.29 is 4.74 Å². The molecule has 0 aliphatic carbocycles. The van der Waals surface area contributed by atoms with Crippen molar-refractivity contribution in [2.75, 3.05) is 19.7 Å². The molecule has 4 atom stereocenters. The minimum absolute atomic E-state index is 0.341. The second-order valence-corrected chi connectivity index (χ2v) is 7.45. The fourth-order valence-electron chi connectivity index (χ4n) is 3.50. The van der Waals surface area contributed by atoms with Gasteiger partial charge in [0.05, 0.1) is 6.10 Å². The lowest BCUT2D eigenvalue weighted by molar-refractivity contribution is -0.0443. The molecule has 3 heteroatoms. The highest BCUT2D eigenvalue weighted by Crippen LogP contribution is 2.29. The quantitative estimate of drug-likeness (QED) is 0.833. The summed E-state index contributed by atoms with van der Waals surface area (Å²) in [5, 5.41) is 3.77. The highest BCUT2D eigenvalue weighted by molar-refractivity contribution is 4.95. The molecule has 2 fully saturated rings. The third-order valence-electron chi connectivity index (χ3n) is 4.91. The van der Waals surface area contributed by atoms with Crippen LogP contribution >= 0.6 is 0 Å². The minimum atomic E-state index is 0.341. The van der Waals surface area contributed by atoms with Crippen molar-refractivity contribution in [1.29, 1.82) is 0 Å². The van der Waals surface area contributed by atoms with E-state index in [0.29, 0.717) is 23.6 Å². The van der Waals surface area contributed by atoms with Gasteiger partial charge in [-0.05, 0) is 31.6 Å². The molecular weight excluding hydrogens is 236 g/mol. The van der Waals surface area contributed by atoms with Gasteiger partial charge in [-0.1, -0.05) is 27.7 Å². The van der Waals surface area contributed by atoms with Crippen molar-refractivity contribution >= 4 is 0 Å². The number of ether oxygens (including phenoxy) is 1. The van der Waals surface area contributed by atoms with Crippen molar-refractivity contribution in [1.82, 2.24) is 10.2 Å². The van der Waals surface area contributed by atoms with Gasteiger partial charge in [-0.3, -0.25) is 4.90 Å². The standard InChI is InChI=1S/C16H32N2O/c1-6-13-10-17-15(16(3,4)5)11-18(13)14-7-8-19-12(2)9-14/h12-15,17H,6-11H2,1-5H3. The molecule has 2 rings (SSSR count). The Labute approximate surface area is 119 Å². The van der Waals surface area contributed by atoms with Crippen LogP contribution in [0.2, 0.25) is 0 Å². The maximum Gasteiger partial charge on any atom is 0.0561 e. The molecule has 1 N–H and O–H groups in total. The molecule has 112 valence electrons. The molecule has 2 aliphatic rings. The van der Waals surface area contributed by atoms with Crippen LogP contribution in [0.5, 0.6) is 0 Å². The molecule has 2 saturated heterocycles. The lowest BCUT2D eigenvalue weighted by Crippen LogP contribution is -2.63. The molecule has 0 bridgehead atoms. The van der Waals surface area contributed by atoms with Crippen LogP contribution in [0.4, 0.5) is 0 Å². The summed E-state index contributed by atoms with van der Waals surface area (Å²) < 4.78 is 5.72. The van der Waals surface area contributed by atoms with Gasteiger partial charge in [0.15, 0.2) is 0 Å². The van der Waals surface area contributed by atoms with Crippen LogP contribution in [-0.2, 0) is 4.74 Å². The molecule has 0 radical (unpaired) electrons. The molecule has 0 aromatic rings. The van der Waals surface area contributed by atoms with E-state index in [9.17, 15) is 0 Å². The number of rotatable bonds is 2. The van der Waals surface area contributed by atoms with Crippen LogP contribution in [0.15, 0.2) is 0 Å². The monoisotopic (exact) mass is 268 g/mol. The zero-order valence-corrected chi connectivity index (χ0v) is 13.4. The van der Waals surface area contributed by atoms with Crippen molar-refractivity contribution in [2.24, 2.45) is 5.41 Å². The minimum Gasteiger partial charge on any atom is -0.378 e. The second-order valence-electron chi connectivity index (χ2n) is 7.45. The van der Waals surface area contributed by atoms with E-state index in [1.54, 1.807) is 0 Å². The first-order chi connectivity index (χ1) is 8.91. The Balaban J connectivity index is 2.05. The summed E-state index contributed by atoms with van der Waals surface area (Å²) in [5.41, 5.74) is 0.341. The first kappa shape index (κ1) is 15.3. The van der Waals surface area contributed by atoms with Crippen molar-refractivity contribution in [3.8, 4) is 0 Å². The molecule has 3 nitrogen and oxygen atoms in total. The van der Waals surface area contributed by atoms with Crippen LogP contribution in [0, 0.1) is 5.41 Å². The van der Waals surface area contributed by atoms with Gasteiger partial charge in [0.25, 0.3) is 0 Å². The van der Waals surface area contributed by atoms with Crippen LogP contribution in [0.25, 0.3) is 0 Å². The summed E-state index contributed by atoms with van der Waals surface area (Å²) in [4.78, 5) is 2.78. The van der Waals surface area contributed by atoms with Gasteiger partial charge in [-0.25, -0.2) is 0 Å².